The number of nitrogen functional groups attached to an aromatic ring is 1. The molecule has 0 aliphatic carbocycles. The number of benzene rings is 1. The minimum atomic E-state index is -3.92. The number of nitrogens with two attached hydrogens (primary N) is 1. The van der Waals surface area contributed by atoms with Gasteiger partial charge in [-0.3, -0.25) is 0 Å². The fraction of sp³-hybridized carbons (Fsp3) is 0.200. The molecule has 0 fully saturated rings. The summed E-state index contributed by atoms with van der Waals surface area (Å²) in [5, 5.41) is 7.08. The van der Waals surface area contributed by atoms with Crippen molar-refractivity contribution in [2.75, 3.05) is 17.6 Å². The predicted octanol–water partition coefficient (Wildman–Crippen LogP) is 0.770. The second-order valence-corrected chi connectivity index (χ2v) is 5.29. The summed E-state index contributed by atoms with van der Waals surface area (Å²) >= 11 is 0. The largest absolute Gasteiger partial charge is 0.495 e. The minimum absolute atomic E-state index is 0.106. The number of anilines is 2. The molecule has 0 unspecified atom stereocenters. The second-order valence-electron chi connectivity index (χ2n) is 3.64. The van der Waals surface area contributed by atoms with Crippen LogP contribution in [0.4, 0.5) is 11.7 Å². The topological polar surface area (TPSA) is 120 Å². The summed E-state index contributed by atoms with van der Waals surface area (Å²) in [6.07, 6.45) is 0. The number of rotatable bonds is 4. The first-order valence-corrected chi connectivity index (χ1v) is 6.67. The molecule has 2 aromatic rings. The lowest BCUT2D eigenvalue weighted by Crippen LogP contribution is -2.14. The first-order chi connectivity index (χ1) is 8.92. The van der Waals surface area contributed by atoms with Gasteiger partial charge in [0.25, 0.3) is 10.0 Å². The Bertz CT molecular complexity index is 695. The van der Waals surface area contributed by atoms with Crippen molar-refractivity contribution >= 4 is 21.7 Å². The molecule has 0 saturated heterocycles. The highest BCUT2D eigenvalue weighted by Gasteiger charge is 2.22. The lowest BCUT2D eigenvalue weighted by Gasteiger charge is -2.09. The second kappa shape index (κ2) is 4.76. The van der Waals surface area contributed by atoms with Gasteiger partial charge in [0, 0.05) is 12.6 Å². The van der Waals surface area contributed by atoms with Crippen LogP contribution in [0.1, 0.15) is 5.89 Å². The maximum atomic E-state index is 12.2. The highest BCUT2D eigenvalue weighted by atomic mass is 32.2. The van der Waals surface area contributed by atoms with Crippen LogP contribution in [0.3, 0.4) is 0 Å². The average molecular weight is 284 g/mol. The molecule has 3 N–H and O–H groups in total. The number of nitrogens with one attached hydrogen (secondary N) is 1. The van der Waals surface area contributed by atoms with Crippen LogP contribution in [0.2, 0.25) is 0 Å². The normalized spacial score (nSPS) is 11.3. The Kier molecular flexibility index (Phi) is 3.30. The Morgan fingerprint density at radius 1 is 1.37 bits per heavy atom. The Hall–Kier alpha value is -2.29. The summed E-state index contributed by atoms with van der Waals surface area (Å²) in [5.41, 5.74) is 5.87. The minimum Gasteiger partial charge on any atom is -0.495 e. The van der Waals surface area contributed by atoms with Gasteiger partial charge in [-0.25, -0.2) is 13.1 Å². The van der Waals surface area contributed by atoms with Crippen molar-refractivity contribution in [3.63, 3.8) is 0 Å². The van der Waals surface area contributed by atoms with Crippen molar-refractivity contribution in [3.8, 4) is 5.75 Å². The lowest BCUT2D eigenvalue weighted by atomic mass is 10.3. The molecule has 0 aliphatic heterocycles. The summed E-state index contributed by atoms with van der Waals surface area (Å²) in [7, 11) is -2.55. The monoisotopic (exact) mass is 284 g/mol. The third-order valence-electron chi connectivity index (χ3n) is 2.22. The standard InChI is InChI=1S/C10H12N4O4S/c1-6-12-13-10(18-6)14-19(15,16)9-5-7(11)3-4-8(9)17-2/h3-5H,11H2,1-2H3,(H,13,14). The van der Waals surface area contributed by atoms with Crippen molar-refractivity contribution < 1.29 is 17.6 Å². The molecular weight excluding hydrogens is 272 g/mol. The van der Waals surface area contributed by atoms with Gasteiger partial charge in [0.05, 0.1) is 7.11 Å². The van der Waals surface area contributed by atoms with Crippen molar-refractivity contribution in [1.29, 1.82) is 0 Å². The quantitative estimate of drug-likeness (QED) is 0.795. The molecule has 0 radical (unpaired) electrons. The summed E-state index contributed by atoms with van der Waals surface area (Å²) in [6, 6.07) is 4.06. The molecule has 0 aliphatic rings. The molecule has 1 aromatic heterocycles. The Balaban J connectivity index is 2.41. The van der Waals surface area contributed by atoms with Gasteiger partial charge in [-0.15, -0.1) is 5.10 Å². The summed E-state index contributed by atoms with van der Waals surface area (Å²) in [4.78, 5) is -0.106. The van der Waals surface area contributed by atoms with Gasteiger partial charge < -0.3 is 14.9 Å². The fourth-order valence-electron chi connectivity index (χ4n) is 1.41. The summed E-state index contributed by atoms with van der Waals surface area (Å²) in [5.74, 6) is 0.412. The first-order valence-electron chi connectivity index (χ1n) is 5.19. The lowest BCUT2D eigenvalue weighted by molar-refractivity contribution is 0.403. The Morgan fingerprint density at radius 2 is 2.11 bits per heavy atom. The van der Waals surface area contributed by atoms with Crippen LogP contribution in [-0.2, 0) is 10.0 Å². The van der Waals surface area contributed by atoms with Gasteiger partial charge in [0.15, 0.2) is 0 Å². The predicted molar refractivity (Wildman–Crippen MR) is 67.2 cm³/mol. The van der Waals surface area contributed by atoms with Crippen molar-refractivity contribution in [2.45, 2.75) is 11.8 Å². The smallest absolute Gasteiger partial charge is 0.329 e. The molecule has 19 heavy (non-hydrogen) atoms. The highest BCUT2D eigenvalue weighted by molar-refractivity contribution is 7.92. The van der Waals surface area contributed by atoms with E-state index in [1.165, 1.54) is 25.3 Å². The van der Waals surface area contributed by atoms with Crippen LogP contribution >= 0.6 is 0 Å². The molecule has 9 heteroatoms. The zero-order valence-electron chi connectivity index (χ0n) is 10.2. The summed E-state index contributed by atoms with van der Waals surface area (Å²) in [6.45, 7) is 1.55. The molecule has 102 valence electrons. The number of sulfonamides is 1. The van der Waals surface area contributed by atoms with Gasteiger partial charge >= 0.3 is 6.01 Å². The zero-order valence-corrected chi connectivity index (χ0v) is 11.1. The van der Waals surface area contributed by atoms with Crippen LogP contribution < -0.4 is 15.2 Å². The van der Waals surface area contributed by atoms with Crippen LogP contribution in [0.15, 0.2) is 27.5 Å². The van der Waals surface area contributed by atoms with E-state index in [1.54, 1.807) is 6.92 Å². The molecule has 0 saturated carbocycles. The van der Waals surface area contributed by atoms with Gasteiger partial charge in [0.2, 0.25) is 5.89 Å². The van der Waals surface area contributed by atoms with E-state index >= 15 is 0 Å². The number of aromatic nitrogens is 2. The molecule has 0 amide bonds. The van der Waals surface area contributed by atoms with E-state index in [9.17, 15) is 8.42 Å². The van der Waals surface area contributed by atoms with Crippen molar-refractivity contribution in [1.82, 2.24) is 10.2 Å². The SMILES string of the molecule is COc1ccc(N)cc1S(=O)(=O)Nc1nnc(C)o1. The maximum absolute atomic E-state index is 12.2. The van der Waals surface area contributed by atoms with Gasteiger partial charge in [-0.05, 0) is 18.2 Å². The molecule has 2 rings (SSSR count). The molecule has 0 bridgehead atoms. The molecule has 0 spiro atoms. The zero-order chi connectivity index (χ0) is 14.0. The Labute approximate surface area is 109 Å². The summed E-state index contributed by atoms with van der Waals surface area (Å²) < 4.78 is 36.4. The molecule has 1 aromatic carbocycles. The van der Waals surface area contributed by atoms with E-state index in [0.717, 1.165) is 0 Å². The van der Waals surface area contributed by atoms with Crippen LogP contribution in [-0.4, -0.2) is 25.7 Å². The highest BCUT2D eigenvalue weighted by Crippen LogP contribution is 2.27. The Morgan fingerprint density at radius 3 is 2.68 bits per heavy atom. The molecular formula is C10H12N4O4S. The number of methoxy groups -OCH3 is 1. The van der Waals surface area contributed by atoms with Crippen LogP contribution in [0.5, 0.6) is 5.75 Å². The molecule has 0 atom stereocenters. The van der Waals surface area contributed by atoms with E-state index in [1.807, 2.05) is 0 Å². The van der Waals surface area contributed by atoms with Crippen molar-refractivity contribution in [3.05, 3.63) is 24.1 Å². The number of aryl methyl sites for hydroxylation is 1. The van der Waals surface area contributed by atoms with Crippen LogP contribution in [0.25, 0.3) is 0 Å². The third kappa shape index (κ3) is 2.76. The molecule has 8 nitrogen and oxygen atoms in total. The average Bonchev–Trinajstić information content (AvgIpc) is 2.74. The first kappa shape index (κ1) is 13.1. The maximum Gasteiger partial charge on any atom is 0.329 e. The van der Waals surface area contributed by atoms with Crippen molar-refractivity contribution in [2.24, 2.45) is 0 Å². The van der Waals surface area contributed by atoms with E-state index in [-0.39, 0.29) is 22.6 Å². The number of hydrogen-bond donors (Lipinski definition) is 2. The van der Waals surface area contributed by atoms with Gasteiger partial charge in [0.1, 0.15) is 10.6 Å². The number of ether oxygens (including phenoxy) is 1. The van der Waals surface area contributed by atoms with Gasteiger partial charge in [-0.1, -0.05) is 5.10 Å². The number of nitrogens with zero attached hydrogens (tertiary/aromatic N) is 2. The van der Waals surface area contributed by atoms with E-state index in [2.05, 4.69) is 14.9 Å². The van der Waals surface area contributed by atoms with E-state index in [0.29, 0.717) is 5.69 Å². The fourth-order valence-corrected chi connectivity index (χ4v) is 2.54. The molecule has 1 heterocycles. The van der Waals surface area contributed by atoms with Crippen LogP contribution in [0, 0.1) is 6.92 Å². The van der Waals surface area contributed by atoms with Gasteiger partial charge in [-0.2, -0.15) is 0 Å². The van der Waals surface area contributed by atoms with E-state index in [4.69, 9.17) is 14.9 Å². The third-order valence-corrected chi connectivity index (χ3v) is 3.57. The number of hydrogen-bond acceptors (Lipinski definition) is 7. The van der Waals surface area contributed by atoms with E-state index < -0.39 is 10.0 Å².